The lowest BCUT2D eigenvalue weighted by Gasteiger charge is -2.30. The molecule has 5 nitrogen and oxygen atoms in total. The van der Waals surface area contributed by atoms with Gasteiger partial charge in [0.15, 0.2) is 0 Å². The fourth-order valence-corrected chi connectivity index (χ4v) is 4.38. The van der Waals surface area contributed by atoms with Crippen molar-refractivity contribution in [3.05, 3.63) is 59.7 Å². The van der Waals surface area contributed by atoms with Gasteiger partial charge >= 0.3 is 0 Å². The van der Waals surface area contributed by atoms with Crippen molar-refractivity contribution in [2.75, 3.05) is 30.9 Å². The maximum atomic E-state index is 4.79. The van der Waals surface area contributed by atoms with Crippen molar-refractivity contribution < 1.29 is 0 Å². The van der Waals surface area contributed by atoms with E-state index in [0.717, 1.165) is 48.5 Å². The molecule has 0 radical (unpaired) electrons. The average Bonchev–Trinajstić information content (AvgIpc) is 2.74. The first-order chi connectivity index (χ1) is 14.6. The highest BCUT2D eigenvalue weighted by molar-refractivity contribution is 5.90. The Bertz CT molecular complexity index is 976. The second kappa shape index (κ2) is 9.43. The fourth-order valence-electron chi connectivity index (χ4n) is 4.38. The van der Waals surface area contributed by atoms with Crippen molar-refractivity contribution in [1.82, 2.24) is 15.3 Å². The van der Waals surface area contributed by atoms with Gasteiger partial charge in [-0.3, -0.25) is 0 Å². The number of hydrogen-bond donors (Lipinski definition) is 2. The molecule has 1 aliphatic carbocycles. The predicted octanol–water partition coefficient (Wildman–Crippen LogP) is 4.56. The number of rotatable bonds is 7. The lowest BCUT2D eigenvalue weighted by molar-refractivity contribution is 0.355. The number of para-hydroxylation sites is 1. The van der Waals surface area contributed by atoms with E-state index in [1.54, 1.807) is 0 Å². The number of fused-ring (bicyclic) bond motifs is 1. The molecule has 30 heavy (non-hydrogen) atoms. The largest absolute Gasteiger partial charge is 0.362 e. The third-order valence-electron chi connectivity index (χ3n) is 6.00. The maximum Gasteiger partial charge on any atom is 0.225 e. The number of aryl methyl sites for hydroxylation is 1. The second-order valence-corrected chi connectivity index (χ2v) is 8.67. The van der Waals surface area contributed by atoms with Crippen LogP contribution in [0.25, 0.3) is 10.9 Å². The maximum absolute atomic E-state index is 4.79. The molecule has 1 saturated carbocycles. The fraction of sp³-hybridized carbons (Fsp3) is 0.440. The molecule has 4 rings (SSSR count). The summed E-state index contributed by atoms with van der Waals surface area (Å²) in [6.07, 6.45) is 5.78. The van der Waals surface area contributed by atoms with E-state index in [-0.39, 0.29) is 0 Å². The first kappa shape index (κ1) is 20.6. The van der Waals surface area contributed by atoms with Crippen molar-refractivity contribution >= 4 is 22.7 Å². The highest BCUT2D eigenvalue weighted by Gasteiger charge is 2.22. The zero-order chi connectivity index (χ0) is 20.9. The molecule has 0 unspecified atom stereocenters. The van der Waals surface area contributed by atoms with Crippen molar-refractivity contribution in [2.24, 2.45) is 0 Å². The van der Waals surface area contributed by atoms with Gasteiger partial charge in [-0.05, 0) is 63.3 Å². The van der Waals surface area contributed by atoms with E-state index in [1.165, 1.54) is 24.0 Å². The summed E-state index contributed by atoms with van der Waals surface area (Å²) in [6.45, 7) is 3.21. The smallest absolute Gasteiger partial charge is 0.225 e. The number of benzene rings is 2. The number of nitrogens with zero attached hydrogens (tertiary/aromatic N) is 3. The minimum Gasteiger partial charge on any atom is -0.362 e. The lowest BCUT2D eigenvalue weighted by Crippen LogP contribution is -2.38. The first-order valence-corrected chi connectivity index (χ1v) is 11.1. The molecular weight excluding hydrogens is 370 g/mol. The number of aromatic nitrogens is 2. The Morgan fingerprint density at radius 1 is 0.933 bits per heavy atom. The molecule has 0 spiro atoms. The van der Waals surface area contributed by atoms with Crippen molar-refractivity contribution in [1.29, 1.82) is 0 Å². The molecule has 0 amide bonds. The van der Waals surface area contributed by atoms with Crippen molar-refractivity contribution in [3.8, 4) is 0 Å². The van der Waals surface area contributed by atoms with Crippen molar-refractivity contribution in [3.63, 3.8) is 0 Å². The van der Waals surface area contributed by atoms with Crippen LogP contribution in [0.15, 0.2) is 48.5 Å². The summed E-state index contributed by atoms with van der Waals surface area (Å²) in [5, 5.41) is 8.45. The Balaban J connectivity index is 1.29. The van der Waals surface area contributed by atoms with Gasteiger partial charge in [0.1, 0.15) is 5.82 Å². The van der Waals surface area contributed by atoms with Crippen LogP contribution in [0.5, 0.6) is 0 Å². The molecule has 1 heterocycles. The lowest BCUT2D eigenvalue weighted by atomic mass is 9.91. The number of hydrogen-bond acceptors (Lipinski definition) is 5. The van der Waals surface area contributed by atoms with Gasteiger partial charge in [0.2, 0.25) is 5.95 Å². The SMILES string of the molecule is Cc1cccc(CCNC2CCC(Nc3nc(N(C)C)c4ccccc4n3)CC2)c1. The van der Waals surface area contributed by atoms with Crippen LogP contribution < -0.4 is 15.5 Å². The molecule has 2 aromatic carbocycles. The molecule has 1 aliphatic rings. The third kappa shape index (κ3) is 5.08. The molecule has 2 N–H and O–H groups in total. The van der Waals surface area contributed by atoms with Gasteiger partial charge in [-0.25, -0.2) is 4.98 Å². The molecule has 0 bridgehead atoms. The highest BCUT2D eigenvalue weighted by atomic mass is 15.2. The Kier molecular flexibility index (Phi) is 6.48. The van der Waals surface area contributed by atoms with E-state index in [4.69, 9.17) is 9.97 Å². The molecule has 1 fully saturated rings. The Labute approximate surface area is 179 Å². The normalized spacial score (nSPS) is 19.0. The quantitative estimate of drug-likeness (QED) is 0.606. The monoisotopic (exact) mass is 403 g/mol. The average molecular weight is 404 g/mol. The van der Waals surface area contributed by atoms with E-state index in [1.807, 2.05) is 26.2 Å². The van der Waals surface area contributed by atoms with Crippen LogP contribution in [0.4, 0.5) is 11.8 Å². The van der Waals surface area contributed by atoms with E-state index in [9.17, 15) is 0 Å². The van der Waals surface area contributed by atoms with E-state index in [0.29, 0.717) is 12.1 Å². The summed E-state index contributed by atoms with van der Waals surface area (Å²) in [5.41, 5.74) is 3.75. The van der Waals surface area contributed by atoms with Crippen LogP contribution >= 0.6 is 0 Å². The highest BCUT2D eigenvalue weighted by Crippen LogP contribution is 2.26. The van der Waals surface area contributed by atoms with Gasteiger partial charge in [-0.2, -0.15) is 4.98 Å². The molecule has 0 saturated heterocycles. The van der Waals surface area contributed by atoms with Gasteiger partial charge in [-0.1, -0.05) is 42.0 Å². The molecule has 0 atom stereocenters. The predicted molar refractivity (Wildman–Crippen MR) is 126 cm³/mol. The topological polar surface area (TPSA) is 53.1 Å². The molecule has 1 aromatic heterocycles. The molecule has 158 valence electrons. The Morgan fingerprint density at radius 2 is 1.70 bits per heavy atom. The van der Waals surface area contributed by atoms with Crippen LogP contribution in [0, 0.1) is 6.92 Å². The zero-order valence-electron chi connectivity index (χ0n) is 18.4. The van der Waals surface area contributed by atoms with Crippen molar-refractivity contribution in [2.45, 2.75) is 51.1 Å². The summed E-state index contributed by atoms with van der Waals surface area (Å²) in [5.74, 6) is 1.71. The van der Waals surface area contributed by atoms with E-state index < -0.39 is 0 Å². The van der Waals surface area contributed by atoms with E-state index >= 15 is 0 Å². The van der Waals surface area contributed by atoms with Gasteiger partial charge in [0.25, 0.3) is 0 Å². The van der Waals surface area contributed by atoms with Crippen LogP contribution in [-0.4, -0.2) is 42.7 Å². The first-order valence-electron chi connectivity index (χ1n) is 11.1. The summed E-state index contributed by atoms with van der Waals surface area (Å²) in [7, 11) is 4.07. The minimum absolute atomic E-state index is 0.441. The molecular formula is C25H33N5. The van der Waals surface area contributed by atoms with Gasteiger partial charge < -0.3 is 15.5 Å². The summed E-state index contributed by atoms with van der Waals surface area (Å²) >= 11 is 0. The second-order valence-electron chi connectivity index (χ2n) is 8.67. The molecule has 5 heteroatoms. The number of anilines is 2. The van der Waals surface area contributed by atoms with Crippen LogP contribution in [-0.2, 0) is 6.42 Å². The number of nitrogens with one attached hydrogen (secondary N) is 2. The van der Waals surface area contributed by atoms with Crippen LogP contribution in [0.3, 0.4) is 0 Å². The Hall–Kier alpha value is -2.66. The van der Waals surface area contributed by atoms with Gasteiger partial charge in [-0.15, -0.1) is 0 Å². The summed E-state index contributed by atoms with van der Waals surface area (Å²) in [6, 6.07) is 18.1. The zero-order valence-corrected chi connectivity index (χ0v) is 18.4. The Morgan fingerprint density at radius 3 is 2.47 bits per heavy atom. The summed E-state index contributed by atoms with van der Waals surface area (Å²) < 4.78 is 0. The summed E-state index contributed by atoms with van der Waals surface area (Å²) in [4.78, 5) is 11.6. The standard InChI is InChI=1S/C25H33N5/c1-18-7-6-8-19(17-18)15-16-26-20-11-13-21(14-12-20)27-25-28-23-10-5-4-9-22(23)24(29-25)30(2)3/h4-10,17,20-21,26H,11-16H2,1-3H3,(H,27,28,29). The molecule has 3 aromatic rings. The minimum atomic E-state index is 0.441. The van der Waals surface area contributed by atoms with Crippen LogP contribution in [0.2, 0.25) is 0 Å². The van der Waals surface area contributed by atoms with Crippen LogP contribution in [0.1, 0.15) is 36.8 Å². The molecule has 0 aliphatic heterocycles. The van der Waals surface area contributed by atoms with E-state index in [2.05, 4.69) is 58.9 Å². The van der Waals surface area contributed by atoms with Gasteiger partial charge in [0.05, 0.1) is 5.52 Å². The third-order valence-corrected chi connectivity index (χ3v) is 6.00. The van der Waals surface area contributed by atoms with Gasteiger partial charge in [0, 0.05) is 31.6 Å².